The fourth-order valence-corrected chi connectivity index (χ4v) is 4.92. The molecule has 1 aliphatic heterocycles. The summed E-state index contributed by atoms with van der Waals surface area (Å²) in [5.41, 5.74) is 1.97. The van der Waals surface area contributed by atoms with Gasteiger partial charge in [-0.2, -0.15) is 0 Å². The van der Waals surface area contributed by atoms with E-state index in [0.29, 0.717) is 47.2 Å². The summed E-state index contributed by atoms with van der Waals surface area (Å²) in [7, 11) is 4.70. The van der Waals surface area contributed by atoms with Crippen molar-refractivity contribution in [2.45, 2.75) is 31.7 Å². The number of allylic oxidation sites excluding steroid dienone is 1. The van der Waals surface area contributed by atoms with Crippen molar-refractivity contribution in [2.24, 2.45) is 5.41 Å². The zero-order valence-electron chi connectivity index (χ0n) is 18.2. The van der Waals surface area contributed by atoms with E-state index in [1.54, 1.807) is 38.0 Å². The topological polar surface area (TPSA) is 99.9 Å². The fourth-order valence-electron chi connectivity index (χ4n) is 4.92. The molecule has 3 aliphatic rings. The molecule has 2 unspecified atom stereocenters. The molecule has 1 N–H and O–H groups in total. The Balaban J connectivity index is 1.64. The molecule has 2 atom stereocenters. The summed E-state index contributed by atoms with van der Waals surface area (Å²) in [6.07, 6.45) is 7.96. The molecule has 1 fully saturated rings. The van der Waals surface area contributed by atoms with Crippen LogP contribution >= 0.6 is 0 Å². The van der Waals surface area contributed by atoms with Gasteiger partial charge in [0, 0.05) is 11.1 Å². The Kier molecular flexibility index (Phi) is 4.62. The number of carbonyl (C=O) groups is 1. The molecule has 0 spiro atoms. The number of fused-ring (bicyclic) bond motifs is 4. The zero-order valence-corrected chi connectivity index (χ0v) is 18.2. The number of hydrogen-bond donors (Lipinski definition) is 1. The van der Waals surface area contributed by atoms with Crippen LogP contribution in [0.4, 0.5) is 0 Å². The third-order valence-corrected chi connectivity index (χ3v) is 6.68. The lowest BCUT2D eigenvalue weighted by molar-refractivity contribution is -0.141. The summed E-state index contributed by atoms with van der Waals surface area (Å²) in [4.78, 5) is 29.9. The SMILES string of the molecule is COc1ccc(/C=C2\CCCc3c2nc2n(c3=O)C3CC3(C(=O)O)C=C2)c(OC)c1OC. The average molecular weight is 436 g/mol. The van der Waals surface area contributed by atoms with Gasteiger partial charge in [-0.15, -0.1) is 0 Å². The maximum absolute atomic E-state index is 13.4. The van der Waals surface area contributed by atoms with Gasteiger partial charge in [0.2, 0.25) is 5.75 Å². The quantitative estimate of drug-likeness (QED) is 0.768. The number of rotatable bonds is 5. The van der Waals surface area contributed by atoms with Crippen molar-refractivity contribution in [3.63, 3.8) is 0 Å². The Morgan fingerprint density at radius 2 is 1.97 bits per heavy atom. The van der Waals surface area contributed by atoms with Crippen LogP contribution in [0.3, 0.4) is 0 Å². The Hall–Kier alpha value is -3.55. The lowest BCUT2D eigenvalue weighted by Crippen LogP contribution is -2.33. The van der Waals surface area contributed by atoms with Gasteiger partial charge in [-0.05, 0) is 55.5 Å². The molecule has 0 saturated heterocycles. The van der Waals surface area contributed by atoms with Gasteiger partial charge < -0.3 is 19.3 Å². The molecule has 5 rings (SSSR count). The van der Waals surface area contributed by atoms with E-state index in [9.17, 15) is 14.7 Å². The van der Waals surface area contributed by atoms with Crippen molar-refractivity contribution < 1.29 is 24.1 Å². The molecule has 32 heavy (non-hydrogen) atoms. The summed E-state index contributed by atoms with van der Waals surface area (Å²) in [5.74, 6) is 1.23. The first-order valence-electron chi connectivity index (χ1n) is 10.5. The number of benzene rings is 1. The molecule has 1 aromatic heterocycles. The third-order valence-electron chi connectivity index (χ3n) is 6.68. The maximum atomic E-state index is 13.4. The lowest BCUT2D eigenvalue weighted by atomic mass is 9.90. The Bertz CT molecular complexity index is 1260. The minimum atomic E-state index is -0.965. The summed E-state index contributed by atoms with van der Waals surface area (Å²) < 4.78 is 18.0. The maximum Gasteiger partial charge on any atom is 0.315 e. The molecular formula is C24H24N2O6. The van der Waals surface area contributed by atoms with Crippen LogP contribution in [0.25, 0.3) is 17.7 Å². The number of aromatic nitrogens is 2. The third kappa shape index (κ3) is 2.78. The van der Waals surface area contributed by atoms with E-state index in [1.165, 1.54) is 0 Å². The first kappa shape index (κ1) is 20.4. The highest BCUT2D eigenvalue weighted by Crippen LogP contribution is 2.59. The summed E-state index contributed by atoms with van der Waals surface area (Å²) >= 11 is 0. The van der Waals surface area contributed by atoms with E-state index >= 15 is 0 Å². The molecule has 2 heterocycles. The molecule has 1 saturated carbocycles. The molecule has 2 aromatic rings. The Morgan fingerprint density at radius 1 is 1.19 bits per heavy atom. The number of carboxylic acid groups (broad SMARTS) is 1. The van der Waals surface area contributed by atoms with Gasteiger partial charge in [0.15, 0.2) is 11.5 Å². The predicted molar refractivity (Wildman–Crippen MR) is 118 cm³/mol. The van der Waals surface area contributed by atoms with Crippen molar-refractivity contribution in [1.82, 2.24) is 9.55 Å². The van der Waals surface area contributed by atoms with Crippen molar-refractivity contribution in [2.75, 3.05) is 21.3 Å². The molecular weight excluding hydrogens is 412 g/mol. The number of carboxylic acids is 1. The number of nitrogens with zero attached hydrogens (tertiary/aromatic N) is 2. The second-order valence-corrected chi connectivity index (χ2v) is 8.32. The summed E-state index contributed by atoms with van der Waals surface area (Å²) in [6.45, 7) is 0. The molecule has 0 bridgehead atoms. The monoisotopic (exact) mass is 436 g/mol. The Labute approximate surface area is 184 Å². The second-order valence-electron chi connectivity index (χ2n) is 8.32. The van der Waals surface area contributed by atoms with E-state index in [-0.39, 0.29) is 11.6 Å². The van der Waals surface area contributed by atoms with Crippen LogP contribution in [-0.4, -0.2) is 42.0 Å². The van der Waals surface area contributed by atoms with Crippen LogP contribution in [0.2, 0.25) is 0 Å². The highest BCUT2D eigenvalue weighted by atomic mass is 16.5. The summed E-state index contributed by atoms with van der Waals surface area (Å²) in [6, 6.07) is 3.34. The predicted octanol–water partition coefficient (Wildman–Crippen LogP) is 3.19. The fraction of sp³-hybridized carbons (Fsp3) is 0.375. The van der Waals surface area contributed by atoms with Crippen molar-refractivity contribution >= 4 is 23.7 Å². The van der Waals surface area contributed by atoms with Gasteiger partial charge in [0.25, 0.3) is 5.56 Å². The highest BCUT2D eigenvalue weighted by Gasteiger charge is 2.62. The molecule has 0 radical (unpaired) electrons. The van der Waals surface area contributed by atoms with Crippen molar-refractivity contribution in [3.05, 3.63) is 51.2 Å². The number of aliphatic carboxylic acids is 1. The zero-order chi connectivity index (χ0) is 22.6. The van der Waals surface area contributed by atoms with Gasteiger partial charge in [0.05, 0.1) is 33.1 Å². The molecule has 0 amide bonds. The van der Waals surface area contributed by atoms with Gasteiger partial charge in [-0.1, -0.05) is 6.08 Å². The normalized spacial score (nSPS) is 23.7. The number of hydrogen-bond acceptors (Lipinski definition) is 6. The van der Waals surface area contributed by atoms with E-state index < -0.39 is 11.4 Å². The van der Waals surface area contributed by atoms with Crippen LogP contribution < -0.4 is 19.8 Å². The van der Waals surface area contributed by atoms with Gasteiger partial charge in [-0.3, -0.25) is 14.2 Å². The molecule has 2 aliphatic carbocycles. The van der Waals surface area contributed by atoms with Gasteiger partial charge in [-0.25, -0.2) is 4.98 Å². The van der Waals surface area contributed by atoms with Crippen LogP contribution in [-0.2, 0) is 11.2 Å². The highest BCUT2D eigenvalue weighted by molar-refractivity contribution is 5.86. The smallest absolute Gasteiger partial charge is 0.315 e. The van der Waals surface area contributed by atoms with E-state index in [1.807, 2.05) is 18.2 Å². The summed E-state index contributed by atoms with van der Waals surface area (Å²) in [5, 5.41) is 9.60. The molecule has 166 valence electrons. The first-order valence-corrected chi connectivity index (χ1v) is 10.5. The first-order chi connectivity index (χ1) is 15.4. The minimum Gasteiger partial charge on any atom is -0.493 e. The molecule has 1 aromatic carbocycles. The second kappa shape index (κ2) is 7.25. The van der Waals surface area contributed by atoms with Crippen LogP contribution in [0.1, 0.15) is 47.9 Å². The van der Waals surface area contributed by atoms with E-state index in [4.69, 9.17) is 19.2 Å². The Morgan fingerprint density at radius 3 is 2.66 bits per heavy atom. The van der Waals surface area contributed by atoms with Crippen molar-refractivity contribution in [1.29, 1.82) is 0 Å². The minimum absolute atomic E-state index is 0.132. The molecule has 8 nitrogen and oxygen atoms in total. The van der Waals surface area contributed by atoms with E-state index in [0.717, 1.165) is 24.0 Å². The number of methoxy groups -OCH3 is 3. The lowest BCUT2D eigenvalue weighted by Gasteiger charge is -2.24. The van der Waals surface area contributed by atoms with Gasteiger partial charge in [0.1, 0.15) is 11.2 Å². The van der Waals surface area contributed by atoms with Gasteiger partial charge >= 0.3 is 5.97 Å². The average Bonchev–Trinajstić information content (AvgIpc) is 3.55. The largest absolute Gasteiger partial charge is 0.493 e. The number of ether oxygens (including phenoxy) is 3. The standard InChI is InChI=1S/C24H24N2O6/c1-30-16-8-7-14(20(31-2)21(16)32-3)11-13-5-4-6-15-19(13)25-18-9-10-24(23(28)29)12-17(24)26(18)22(15)27/h7-11,17H,4-6,12H2,1-3H3,(H,28,29)/b13-11+. The van der Waals surface area contributed by atoms with Crippen LogP contribution in [0, 0.1) is 5.41 Å². The van der Waals surface area contributed by atoms with Crippen LogP contribution in [0.15, 0.2) is 23.0 Å². The van der Waals surface area contributed by atoms with Crippen molar-refractivity contribution in [3.8, 4) is 17.2 Å². The van der Waals surface area contributed by atoms with E-state index in [2.05, 4.69) is 0 Å². The van der Waals surface area contributed by atoms with Crippen LogP contribution in [0.5, 0.6) is 17.2 Å². The molecule has 8 heteroatoms.